The van der Waals surface area contributed by atoms with Crippen LogP contribution >= 0.6 is 0 Å². The molecule has 0 unspecified atom stereocenters. The Hall–Kier alpha value is -3.17. The molecule has 0 aromatic heterocycles. The quantitative estimate of drug-likeness (QED) is 0.351. The van der Waals surface area contributed by atoms with Crippen LogP contribution in [0.25, 0.3) is 0 Å². The van der Waals surface area contributed by atoms with Crippen molar-refractivity contribution in [2.24, 2.45) is 0 Å². The molecule has 0 heterocycles. The van der Waals surface area contributed by atoms with E-state index < -0.39 is 51.2 Å². The fourth-order valence-electron chi connectivity index (χ4n) is 1.95. The molecule has 0 atom stereocenters. The molecule has 2 aromatic rings. The van der Waals surface area contributed by atoms with Crippen LogP contribution in [0.2, 0.25) is 0 Å². The van der Waals surface area contributed by atoms with E-state index in [2.05, 4.69) is 4.74 Å². The van der Waals surface area contributed by atoms with Gasteiger partial charge in [0, 0.05) is 6.07 Å². The van der Waals surface area contributed by atoms with Gasteiger partial charge in [-0.05, 0) is 12.1 Å². The zero-order valence-electron chi connectivity index (χ0n) is 12.5. The van der Waals surface area contributed by atoms with E-state index >= 15 is 0 Å². The second-order valence-corrected chi connectivity index (χ2v) is 4.64. The highest BCUT2D eigenvalue weighted by molar-refractivity contribution is 5.94. The third kappa shape index (κ3) is 3.84. The summed E-state index contributed by atoms with van der Waals surface area (Å²) in [6.45, 7) is 0. The van der Waals surface area contributed by atoms with Crippen molar-refractivity contribution in [3.63, 3.8) is 0 Å². The van der Waals surface area contributed by atoms with E-state index in [-0.39, 0.29) is 0 Å². The topological polar surface area (TPSA) is 78.7 Å². The second kappa shape index (κ2) is 6.75. The molecule has 2 aromatic carbocycles. The van der Waals surface area contributed by atoms with Crippen molar-refractivity contribution in [1.82, 2.24) is 0 Å². The van der Waals surface area contributed by atoms with Gasteiger partial charge in [-0.3, -0.25) is 10.1 Å². The summed E-state index contributed by atoms with van der Waals surface area (Å²) < 4.78 is 62.1. The molecule has 0 saturated heterocycles. The molecule has 132 valence electrons. The van der Waals surface area contributed by atoms with Crippen LogP contribution in [0.3, 0.4) is 0 Å². The molecule has 0 radical (unpaired) electrons. The summed E-state index contributed by atoms with van der Waals surface area (Å²) in [4.78, 5) is 21.5. The number of para-hydroxylation sites is 1. The molecular weight excluding hydrogens is 350 g/mol. The number of nitro groups is 1. The van der Waals surface area contributed by atoms with Crippen molar-refractivity contribution in [3.8, 4) is 11.5 Å². The number of methoxy groups -OCH3 is 1. The standard InChI is InChI=1S/C15H9F4NO5/c1-24-14(21)8-6-13(10(16)7-11(8)20(22)23)25-12-5-3-2-4-9(12)15(17,18)19/h2-7H,1H3. The molecule has 0 N–H and O–H groups in total. The van der Waals surface area contributed by atoms with Crippen LogP contribution in [0.1, 0.15) is 15.9 Å². The van der Waals surface area contributed by atoms with Gasteiger partial charge in [-0.2, -0.15) is 13.2 Å². The maximum absolute atomic E-state index is 14.0. The van der Waals surface area contributed by atoms with E-state index in [1.165, 1.54) is 6.07 Å². The van der Waals surface area contributed by atoms with Gasteiger partial charge in [0.15, 0.2) is 11.6 Å². The Labute approximate surface area is 137 Å². The SMILES string of the molecule is COC(=O)c1cc(Oc2ccccc2C(F)(F)F)c(F)cc1[N+](=O)[O-]. The highest BCUT2D eigenvalue weighted by atomic mass is 19.4. The number of alkyl halides is 3. The largest absolute Gasteiger partial charge is 0.465 e. The zero-order chi connectivity index (χ0) is 18.8. The van der Waals surface area contributed by atoms with E-state index in [1.54, 1.807) is 0 Å². The highest BCUT2D eigenvalue weighted by Gasteiger charge is 2.34. The molecule has 0 aliphatic carbocycles. The summed E-state index contributed by atoms with van der Waals surface area (Å²) in [7, 11) is 0.939. The monoisotopic (exact) mass is 359 g/mol. The van der Waals surface area contributed by atoms with Gasteiger partial charge in [-0.25, -0.2) is 9.18 Å². The lowest BCUT2D eigenvalue weighted by molar-refractivity contribution is -0.385. The molecule has 25 heavy (non-hydrogen) atoms. The molecule has 10 heteroatoms. The lowest BCUT2D eigenvalue weighted by atomic mass is 10.1. The number of hydrogen-bond donors (Lipinski definition) is 0. The maximum atomic E-state index is 14.0. The normalized spacial score (nSPS) is 11.1. The van der Waals surface area contributed by atoms with Crippen LogP contribution in [0.4, 0.5) is 23.2 Å². The number of nitrogens with zero attached hydrogens (tertiary/aromatic N) is 1. The van der Waals surface area contributed by atoms with Crippen molar-refractivity contribution >= 4 is 11.7 Å². The summed E-state index contributed by atoms with van der Waals surface area (Å²) in [6, 6.07) is 5.00. The maximum Gasteiger partial charge on any atom is 0.419 e. The summed E-state index contributed by atoms with van der Waals surface area (Å²) in [5.41, 5.74) is -2.73. The van der Waals surface area contributed by atoms with Gasteiger partial charge in [0.1, 0.15) is 11.3 Å². The summed E-state index contributed by atoms with van der Waals surface area (Å²) in [6.07, 6.45) is -4.76. The lowest BCUT2D eigenvalue weighted by Gasteiger charge is -2.14. The first kappa shape index (κ1) is 18.2. The van der Waals surface area contributed by atoms with Gasteiger partial charge >= 0.3 is 12.1 Å². The van der Waals surface area contributed by atoms with Crippen LogP contribution in [0.5, 0.6) is 11.5 Å². The van der Waals surface area contributed by atoms with Crippen LogP contribution in [-0.2, 0) is 10.9 Å². The van der Waals surface area contributed by atoms with Gasteiger partial charge < -0.3 is 9.47 Å². The first-order chi connectivity index (χ1) is 11.6. The zero-order valence-corrected chi connectivity index (χ0v) is 12.5. The van der Waals surface area contributed by atoms with Crippen molar-refractivity contribution < 1.29 is 36.8 Å². The van der Waals surface area contributed by atoms with E-state index in [9.17, 15) is 32.5 Å². The molecule has 0 fully saturated rings. The van der Waals surface area contributed by atoms with Gasteiger partial charge in [0.2, 0.25) is 0 Å². The lowest BCUT2D eigenvalue weighted by Crippen LogP contribution is -2.09. The number of carbonyl (C=O) groups is 1. The number of rotatable bonds is 4. The smallest absolute Gasteiger partial charge is 0.419 e. The average Bonchev–Trinajstić information content (AvgIpc) is 2.55. The molecule has 0 spiro atoms. The summed E-state index contributed by atoms with van der Waals surface area (Å²) >= 11 is 0. The minimum Gasteiger partial charge on any atom is -0.465 e. The Kier molecular flexibility index (Phi) is 4.91. The Morgan fingerprint density at radius 1 is 1.16 bits per heavy atom. The fourth-order valence-corrected chi connectivity index (χ4v) is 1.95. The third-order valence-corrected chi connectivity index (χ3v) is 3.06. The molecule has 0 amide bonds. The van der Waals surface area contributed by atoms with E-state index in [1.807, 2.05) is 0 Å². The Morgan fingerprint density at radius 3 is 2.36 bits per heavy atom. The molecular formula is C15H9F4NO5. The number of halogens is 4. The first-order valence-corrected chi connectivity index (χ1v) is 6.55. The van der Waals surface area contributed by atoms with Crippen LogP contribution < -0.4 is 4.74 Å². The van der Waals surface area contributed by atoms with Crippen LogP contribution in [0.15, 0.2) is 36.4 Å². The predicted octanol–water partition coefficient (Wildman–Crippen LogP) is 4.33. The third-order valence-electron chi connectivity index (χ3n) is 3.06. The van der Waals surface area contributed by atoms with E-state index in [0.717, 1.165) is 25.3 Å². The Bertz CT molecular complexity index is 835. The predicted molar refractivity (Wildman–Crippen MR) is 75.9 cm³/mol. The number of benzene rings is 2. The average molecular weight is 359 g/mol. The van der Waals surface area contributed by atoms with Crippen LogP contribution in [0, 0.1) is 15.9 Å². The van der Waals surface area contributed by atoms with Crippen molar-refractivity contribution in [2.45, 2.75) is 6.18 Å². The molecule has 2 rings (SSSR count). The van der Waals surface area contributed by atoms with Gasteiger partial charge in [0.05, 0.1) is 23.7 Å². The Balaban J connectivity index is 2.55. The number of carbonyl (C=O) groups excluding carboxylic acids is 1. The van der Waals surface area contributed by atoms with Crippen molar-refractivity contribution in [1.29, 1.82) is 0 Å². The van der Waals surface area contributed by atoms with Gasteiger partial charge in [-0.15, -0.1) is 0 Å². The minimum atomic E-state index is -4.76. The van der Waals surface area contributed by atoms with E-state index in [0.29, 0.717) is 12.1 Å². The van der Waals surface area contributed by atoms with Gasteiger partial charge in [0.25, 0.3) is 5.69 Å². The number of hydrogen-bond acceptors (Lipinski definition) is 5. The minimum absolute atomic E-state index is 0.373. The molecule has 0 saturated carbocycles. The van der Waals surface area contributed by atoms with Gasteiger partial charge in [-0.1, -0.05) is 12.1 Å². The van der Waals surface area contributed by atoms with E-state index in [4.69, 9.17) is 4.74 Å². The fraction of sp³-hybridized carbons (Fsp3) is 0.133. The van der Waals surface area contributed by atoms with Crippen molar-refractivity contribution in [2.75, 3.05) is 7.11 Å². The highest BCUT2D eigenvalue weighted by Crippen LogP contribution is 2.39. The molecule has 0 bridgehead atoms. The molecule has 6 nitrogen and oxygen atoms in total. The number of nitro benzene ring substituents is 1. The molecule has 0 aliphatic rings. The van der Waals surface area contributed by atoms with Crippen molar-refractivity contribution in [3.05, 3.63) is 63.5 Å². The van der Waals surface area contributed by atoms with Crippen LogP contribution in [-0.4, -0.2) is 18.0 Å². The second-order valence-electron chi connectivity index (χ2n) is 4.64. The Morgan fingerprint density at radius 2 is 1.80 bits per heavy atom. The first-order valence-electron chi connectivity index (χ1n) is 6.55. The molecule has 0 aliphatic heterocycles. The number of esters is 1. The number of ether oxygens (including phenoxy) is 2. The summed E-state index contributed by atoms with van der Waals surface area (Å²) in [5, 5.41) is 10.9. The summed E-state index contributed by atoms with van der Waals surface area (Å²) in [5.74, 6) is -3.99.